The average Bonchev–Trinajstić information content (AvgIpc) is 3.51. The van der Waals surface area contributed by atoms with E-state index in [4.69, 9.17) is 13.7 Å². The van der Waals surface area contributed by atoms with E-state index in [1.165, 1.54) is 6.07 Å². The molecule has 0 aliphatic rings. The van der Waals surface area contributed by atoms with Crippen molar-refractivity contribution in [2.45, 2.75) is 20.0 Å². The first kappa shape index (κ1) is 20.6. The Balaban J connectivity index is 1.31. The lowest BCUT2D eigenvalue weighted by Crippen LogP contribution is -1.97. The number of hydrogen-bond acceptors (Lipinski definition) is 7. The number of benzene rings is 3. The Morgan fingerprint density at radius 3 is 2.58 bits per heavy atom. The first-order chi connectivity index (χ1) is 16.2. The van der Waals surface area contributed by atoms with Crippen LogP contribution in [0.3, 0.4) is 0 Å². The normalized spacial score (nSPS) is 11.0. The zero-order valence-corrected chi connectivity index (χ0v) is 17.7. The maximum absolute atomic E-state index is 13.8. The fraction of sp³-hybridized carbons (Fsp3) is 0.120. The zero-order chi connectivity index (χ0) is 22.6. The molecule has 0 saturated heterocycles. The van der Waals surface area contributed by atoms with Gasteiger partial charge in [-0.25, -0.2) is 4.39 Å². The van der Waals surface area contributed by atoms with Crippen molar-refractivity contribution in [3.63, 3.8) is 0 Å². The highest BCUT2D eigenvalue weighted by atomic mass is 19.1. The summed E-state index contributed by atoms with van der Waals surface area (Å²) in [7, 11) is 0. The molecule has 7 nitrogen and oxygen atoms in total. The standard InChI is InChI=1S/C25H19FN4O3/c1-16-11-12-18(13-20(16)26)25-29-28-23(32-25)14-22-27-24(30-33-22)19-9-5-6-10-21(19)31-15-17-7-3-2-4-8-17/h2-13H,14-15H2,1H3. The van der Waals surface area contributed by atoms with Crippen LogP contribution in [0.4, 0.5) is 4.39 Å². The third-order valence-electron chi connectivity index (χ3n) is 5.02. The van der Waals surface area contributed by atoms with Gasteiger partial charge in [0.2, 0.25) is 23.5 Å². The van der Waals surface area contributed by atoms with Gasteiger partial charge >= 0.3 is 0 Å². The van der Waals surface area contributed by atoms with Gasteiger partial charge in [0.1, 0.15) is 24.6 Å². The molecule has 0 N–H and O–H groups in total. The van der Waals surface area contributed by atoms with Crippen molar-refractivity contribution >= 4 is 0 Å². The van der Waals surface area contributed by atoms with Crippen LogP contribution in [0.1, 0.15) is 22.9 Å². The highest BCUT2D eigenvalue weighted by Crippen LogP contribution is 2.29. The van der Waals surface area contributed by atoms with Crippen molar-refractivity contribution in [2.24, 2.45) is 0 Å². The molecule has 3 aromatic carbocycles. The van der Waals surface area contributed by atoms with Crippen molar-refractivity contribution in [3.8, 4) is 28.6 Å². The summed E-state index contributed by atoms with van der Waals surface area (Å²) >= 11 is 0. The van der Waals surface area contributed by atoms with Crippen molar-refractivity contribution in [3.05, 3.63) is 102 Å². The summed E-state index contributed by atoms with van der Waals surface area (Å²) in [6.07, 6.45) is 0.154. The zero-order valence-electron chi connectivity index (χ0n) is 17.7. The maximum Gasteiger partial charge on any atom is 0.247 e. The van der Waals surface area contributed by atoms with Gasteiger partial charge in [-0.05, 0) is 42.3 Å². The number of rotatable bonds is 7. The molecule has 0 atom stereocenters. The minimum Gasteiger partial charge on any atom is -0.488 e. The van der Waals surface area contributed by atoms with Gasteiger partial charge in [-0.15, -0.1) is 10.2 Å². The number of aryl methyl sites for hydroxylation is 1. The number of para-hydroxylation sites is 1. The van der Waals surface area contributed by atoms with Gasteiger partial charge in [0.15, 0.2) is 0 Å². The van der Waals surface area contributed by atoms with Crippen LogP contribution in [-0.2, 0) is 13.0 Å². The molecule has 8 heteroatoms. The molecule has 0 radical (unpaired) electrons. The summed E-state index contributed by atoms with van der Waals surface area (Å²) in [5, 5.41) is 12.1. The van der Waals surface area contributed by atoms with E-state index >= 15 is 0 Å². The number of hydrogen-bond donors (Lipinski definition) is 0. The van der Waals surface area contributed by atoms with Crippen LogP contribution in [0, 0.1) is 12.7 Å². The van der Waals surface area contributed by atoms with Gasteiger partial charge in [-0.3, -0.25) is 0 Å². The van der Waals surface area contributed by atoms with E-state index in [-0.39, 0.29) is 24.0 Å². The molecule has 164 valence electrons. The van der Waals surface area contributed by atoms with Crippen LogP contribution in [0.25, 0.3) is 22.8 Å². The summed E-state index contributed by atoms with van der Waals surface area (Å²) < 4.78 is 30.9. The summed E-state index contributed by atoms with van der Waals surface area (Å²) in [5.74, 6) is 1.54. The smallest absolute Gasteiger partial charge is 0.247 e. The Kier molecular flexibility index (Phi) is 5.63. The topological polar surface area (TPSA) is 87.1 Å². The highest BCUT2D eigenvalue weighted by molar-refractivity contribution is 5.63. The first-order valence-electron chi connectivity index (χ1n) is 10.3. The predicted molar refractivity (Wildman–Crippen MR) is 118 cm³/mol. The van der Waals surface area contributed by atoms with Crippen molar-refractivity contribution in [1.82, 2.24) is 20.3 Å². The molecule has 0 saturated carbocycles. The van der Waals surface area contributed by atoms with E-state index in [1.54, 1.807) is 19.1 Å². The second kappa shape index (κ2) is 9.04. The van der Waals surface area contributed by atoms with E-state index in [9.17, 15) is 4.39 Å². The lowest BCUT2D eigenvalue weighted by Gasteiger charge is -2.09. The molecule has 5 rings (SSSR count). The van der Waals surface area contributed by atoms with E-state index in [0.29, 0.717) is 40.8 Å². The quantitative estimate of drug-likeness (QED) is 0.333. The average molecular weight is 442 g/mol. The Bertz CT molecular complexity index is 1380. The monoisotopic (exact) mass is 442 g/mol. The molecule has 0 spiro atoms. The largest absolute Gasteiger partial charge is 0.488 e. The number of nitrogens with zero attached hydrogens (tertiary/aromatic N) is 4. The van der Waals surface area contributed by atoms with Crippen molar-refractivity contribution in [2.75, 3.05) is 0 Å². The van der Waals surface area contributed by atoms with Gasteiger partial charge in [0, 0.05) is 5.56 Å². The van der Waals surface area contributed by atoms with Crippen LogP contribution >= 0.6 is 0 Å². The van der Waals surface area contributed by atoms with Crippen LogP contribution in [0.5, 0.6) is 5.75 Å². The molecule has 33 heavy (non-hydrogen) atoms. The first-order valence-corrected chi connectivity index (χ1v) is 10.3. The van der Waals surface area contributed by atoms with Gasteiger partial charge < -0.3 is 13.7 Å². The molecular formula is C25H19FN4O3. The number of halogens is 1. The van der Waals surface area contributed by atoms with Crippen LogP contribution in [0.15, 0.2) is 81.7 Å². The molecule has 5 aromatic rings. The molecule has 0 aliphatic heterocycles. The van der Waals surface area contributed by atoms with E-state index in [2.05, 4.69) is 20.3 Å². The minimum absolute atomic E-state index is 0.154. The molecule has 2 heterocycles. The third kappa shape index (κ3) is 4.64. The predicted octanol–water partition coefficient (Wildman–Crippen LogP) is 5.40. The second-order valence-electron chi connectivity index (χ2n) is 7.42. The van der Waals surface area contributed by atoms with Crippen molar-refractivity contribution < 1.29 is 18.1 Å². The van der Waals surface area contributed by atoms with E-state index < -0.39 is 0 Å². The summed E-state index contributed by atoms with van der Waals surface area (Å²) in [4.78, 5) is 4.45. The SMILES string of the molecule is Cc1ccc(-c2nnc(Cc3nc(-c4ccccc4OCc4ccccc4)no3)o2)cc1F. The van der Waals surface area contributed by atoms with Crippen LogP contribution in [0.2, 0.25) is 0 Å². The Labute approximate surface area is 188 Å². The fourth-order valence-corrected chi connectivity index (χ4v) is 3.25. The van der Waals surface area contributed by atoms with Gasteiger partial charge in [-0.2, -0.15) is 4.98 Å². The van der Waals surface area contributed by atoms with Crippen LogP contribution < -0.4 is 4.74 Å². The van der Waals surface area contributed by atoms with E-state index in [1.807, 2.05) is 54.6 Å². The third-order valence-corrected chi connectivity index (χ3v) is 5.02. The molecule has 0 aliphatic carbocycles. The highest BCUT2D eigenvalue weighted by Gasteiger charge is 2.17. The molecule has 0 unspecified atom stereocenters. The Morgan fingerprint density at radius 2 is 1.73 bits per heavy atom. The van der Waals surface area contributed by atoms with Crippen molar-refractivity contribution in [1.29, 1.82) is 0 Å². The van der Waals surface area contributed by atoms with Gasteiger partial charge in [0.05, 0.1) is 5.56 Å². The lowest BCUT2D eigenvalue weighted by atomic mass is 10.1. The lowest BCUT2D eigenvalue weighted by molar-refractivity contribution is 0.307. The Morgan fingerprint density at radius 1 is 0.909 bits per heavy atom. The molecule has 2 aromatic heterocycles. The van der Waals surface area contributed by atoms with Gasteiger partial charge in [0.25, 0.3) is 0 Å². The minimum atomic E-state index is -0.332. The maximum atomic E-state index is 13.8. The summed E-state index contributed by atoms with van der Waals surface area (Å²) in [6.45, 7) is 2.11. The summed E-state index contributed by atoms with van der Waals surface area (Å²) in [5.41, 5.74) is 2.82. The Hall–Kier alpha value is -4.33. The summed E-state index contributed by atoms with van der Waals surface area (Å²) in [6, 6.07) is 22.1. The molecule has 0 amide bonds. The second-order valence-corrected chi connectivity index (χ2v) is 7.42. The molecule has 0 bridgehead atoms. The van der Waals surface area contributed by atoms with Crippen LogP contribution in [-0.4, -0.2) is 20.3 Å². The molecular weight excluding hydrogens is 423 g/mol. The van der Waals surface area contributed by atoms with Gasteiger partial charge in [-0.1, -0.05) is 53.7 Å². The number of ether oxygens (including phenoxy) is 1. The fourth-order valence-electron chi connectivity index (χ4n) is 3.25. The number of aromatic nitrogens is 4. The van der Waals surface area contributed by atoms with E-state index in [0.717, 1.165) is 5.56 Å². The molecule has 0 fully saturated rings.